The van der Waals surface area contributed by atoms with E-state index in [1.165, 1.54) is 0 Å². The highest BCUT2D eigenvalue weighted by atomic mass is 32.2. The fraction of sp³-hybridized carbons (Fsp3) is 0.538. The van der Waals surface area contributed by atoms with E-state index in [1.807, 2.05) is 24.8 Å². The second-order valence-electron chi connectivity index (χ2n) is 4.77. The van der Waals surface area contributed by atoms with Gasteiger partial charge in [0.25, 0.3) is 0 Å². The van der Waals surface area contributed by atoms with Crippen LogP contribution in [0.1, 0.15) is 23.7 Å². The highest BCUT2D eigenvalue weighted by Gasteiger charge is 2.22. The highest BCUT2D eigenvalue weighted by molar-refractivity contribution is 8.00. The average molecular weight is 281 g/mol. The summed E-state index contributed by atoms with van der Waals surface area (Å²) in [6.45, 7) is 8.34. The molecule has 5 heteroatoms. The van der Waals surface area contributed by atoms with Crippen molar-refractivity contribution in [2.45, 2.75) is 26.0 Å². The number of anilines is 1. The van der Waals surface area contributed by atoms with Crippen molar-refractivity contribution in [1.82, 2.24) is 4.98 Å². The van der Waals surface area contributed by atoms with E-state index in [9.17, 15) is 0 Å². The average Bonchev–Trinajstić information content (AvgIpc) is 2.27. The monoisotopic (exact) mass is 281 g/mol. The maximum atomic E-state index is 5.87. The number of hydrogen-bond donors (Lipinski definition) is 1. The van der Waals surface area contributed by atoms with Gasteiger partial charge in [-0.05, 0) is 25.5 Å². The Morgan fingerprint density at radius 1 is 1.56 bits per heavy atom. The Hall–Kier alpha value is -0.810. The van der Waals surface area contributed by atoms with Gasteiger partial charge < -0.3 is 10.6 Å². The number of nitrogens with two attached hydrogens (primary N) is 1. The predicted molar refractivity (Wildman–Crippen MR) is 83.7 cm³/mol. The van der Waals surface area contributed by atoms with Gasteiger partial charge in [-0.2, -0.15) is 11.8 Å². The van der Waals surface area contributed by atoms with Crippen molar-refractivity contribution in [1.29, 1.82) is 0 Å². The predicted octanol–water partition coefficient (Wildman–Crippen LogP) is 2.27. The van der Waals surface area contributed by atoms with E-state index in [2.05, 4.69) is 23.7 Å². The highest BCUT2D eigenvalue weighted by Crippen LogP contribution is 2.27. The summed E-state index contributed by atoms with van der Waals surface area (Å²) in [6, 6.07) is 2.04. The normalized spacial score (nSPS) is 19.9. The molecule has 1 aliphatic heterocycles. The number of aromatic nitrogens is 1. The molecule has 0 aliphatic carbocycles. The van der Waals surface area contributed by atoms with Gasteiger partial charge in [-0.15, -0.1) is 0 Å². The summed E-state index contributed by atoms with van der Waals surface area (Å²) >= 11 is 7.19. The van der Waals surface area contributed by atoms with Gasteiger partial charge >= 0.3 is 0 Å². The Bertz CT molecular complexity index is 474. The van der Waals surface area contributed by atoms with Crippen LogP contribution in [0.4, 0.5) is 5.82 Å². The zero-order valence-corrected chi connectivity index (χ0v) is 12.7. The molecule has 0 radical (unpaired) electrons. The van der Waals surface area contributed by atoms with Gasteiger partial charge in [0.2, 0.25) is 0 Å². The molecule has 2 N–H and O–H groups in total. The topological polar surface area (TPSA) is 42.1 Å². The minimum atomic E-state index is 0.445. The number of nitrogens with zero attached hydrogens (tertiary/aromatic N) is 2. The number of hydrogen-bond acceptors (Lipinski definition) is 4. The van der Waals surface area contributed by atoms with Gasteiger partial charge in [0, 0.05) is 29.8 Å². The lowest BCUT2D eigenvalue weighted by Crippen LogP contribution is -2.38. The number of aryl methyl sites for hydroxylation is 2. The maximum Gasteiger partial charge on any atom is 0.139 e. The summed E-state index contributed by atoms with van der Waals surface area (Å²) < 4.78 is 0. The van der Waals surface area contributed by atoms with E-state index < -0.39 is 0 Å². The van der Waals surface area contributed by atoms with E-state index in [4.69, 9.17) is 18.0 Å². The van der Waals surface area contributed by atoms with Crippen molar-refractivity contribution in [3.8, 4) is 0 Å². The van der Waals surface area contributed by atoms with Crippen LogP contribution < -0.4 is 10.6 Å². The quantitative estimate of drug-likeness (QED) is 0.842. The fourth-order valence-electron chi connectivity index (χ4n) is 2.36. The molecule has 98 valence electrons. The molecule has 0 saturated carbocycles. The van der Waals surface area contributed by atoms with Crippen LogP contribution in [0.3, 0.4) is 0 Å². The van der Waals surface area contributed by atoms with Crippen LogP contribution in [0, 0.1) is 13.8 Å². The van der Waals surface area contributed by atoms with E-state index >= 15 is 0 Å². The molecule has 0 aromatic carbocycles. The number of thiocarbonyl (C=S) groups is 1. The van der Waals surface area contributed by atoms with Gasteiger partial charge in [0.15, 0.2) is 0 Å². The standard InChI is InChI=1S/C13H19N3S2/c1-8-6-9(2)15-13(11(8)12(14)17)16-4-5-18-10(3)7-16/h6,10H,4-5,7H2,1-3H3,(H2,14,17). The third-order valence-corrected chi connectivity index (χ3v) is 4.45. The molecule has 2 rings (SSSR count). The van der Waals surface area contributed by atoms with E-state index in [0.29, 0.717) is 10.2 Å². The number of rotatable bonds is 2. The van der Waals surface area contributed by atoms with Crippen LogP contribution in [0.2, 0.25) is 0 Å². The molecule has 18 heavy (non-hydrogen) atoms. The minimum Gasteiger partial charge on any atom is -0.389 e. The van der Waals surface area contributed by atoms with Gasteiger partial charge in [-0.3, -0.25) is 0 Å². The van der Waals surface area contributed by atoms with Crippen molar-refractivity contribution >= 4 is 34.8 Å². The lowest BCUT2D eigenvalue weighted by Gasteiger charge is -2.33. The first kappa shape index (κ1) is 13.6. The van der Waals surface area contributed by atoms with Crippen LogP contribution in [0.25, 0.3) is 0 Å². The van der Waals surface area contributed by atoms with Crippen molar-refractivity contribution in [3.63, 3.8) is 0 Å². The molecular weight excluding hydrogens is 262 g/mol. The van der Waals surface area contributed by atoms with Crippen LogP contribution in [0.15, 0.2) is 6.07 Å². The fourth-order valence-corrected chi connectivity index (χ4v) is 3.63. The Morgan fingerprint density at radius 3 is 2.89 bits per heavy atom. The summed E-state index contributed by atoms with van der Waals surface area (Å²) in [6.07, 6.45) is 0. The molecule has 1 atom stereocenters. The van der Waals surface area contributed by atoms with Crippen LogP contribution in [0.5, 0.6) is 0 Å². The molecular formula is C13H19N3S2. The molecule has 1 unspecified atom stereocenters. The molecule has 3 nitrogen and oxygen atoms in total. The second-order valence-corrected chi connectivity index (χ2v) is 6.76. The summed E-state index contributed by atoms with van der Waals surface area (Å²) in [7, 11) is 0. The number of thioether (sulfide) groups is 1. The zero-order valence-electron chi connectivity index (χ0n) is 11.1. The summed E-state index contributed by atoms with van der Waals surface area (Å²) in [5.41, 5.74) is 8.95. The molecule has 1 aromatic heterocycles. The van der Waals surface area contributed by atoms with Gasteiger partial charge in [-0.25, -0.2) is 4.98 Å². The van der Waals surface area contributed by atoms with Gasteiger partial charge in [-0.1, -0.05) is 19.1 Å². The van der Waals surface area contributed by atoms with E-state index in [-0.39, 0.29) is 0 Å². The first-order chi connectivity index (χ1) is 8.49. The largest absolute Gasteiger partial charge is 0.389 e. The van der Waals surface area contributed by atoms with Crippen molar-refractivity contribution in [3.05, 3.63) is 22.9 Å². The van der Waals surface area contributed by atoms with Gasteiger partial charge in [0.1, 0.15) is 10.8 Å². The molecule has 0 spiro atoms. The van der Waals surface area contributed by atoms with E-state index in [0.717, 1.165) is 41.5 Å². The third kappa shape index (κ3) is 2.78. The smallest absolute Gasteiger partial charge is 0.139 e. The molecule has 2 heterocycles. The van der Waals surface area contributed by atoms with Crippen LogP contribution in [-0.4, -0.2) is 34.1 Å². The van der Waals surface area contributed by atoms with Crippen LogP contribution >= 0.6 is 24.0 Å². The Kier molecular flexibility index (Phi) is 4.12. The van der Waals surface area contributed by atoms with Crippen molar-refractivity contribution in [2.24, 2.45) is 5.73 Å². The van der Waals surface area contributed by atoms with Crippen LogP contribution in [-0.2, 0) is 0 Å². The molecule has 1 aromatic rings. The molecule has 1 aliphatic rings. The Balaban J connectivity index is 2.44. The first-order valence-corrected chi connectivity index (χ1v) is 7.59. The minimum absolute atomic E-state index is 0.445. The summed E-state index contributed by atoms with van der Waals surface area (Å²) in [4.78, 5) is 7.42. The maximum absolute atomic E-state index is 5.87. The molecule has 0 bridgehead atoms. The lowest BCUT2D eigenvalue weighted by atomic mass is 10.1. The number of pyridine rings is 1. The Morgan fingerprint density at radius 2 is 2.28 bits per heavy atom. The Labute approximate surface area is 118 Å². The SMILES string of the molecule is Cc1cc(C)c(C(N)=S)c(N2CCSC(C)C2)n1. The zero-order chi connectivity index (χ0) is 13.3. The van der Waals surface area contributed by atoms with Crippen molar-refractivity contribution in [2.75, 3.05) is 23.7 Å². The second kappa shape index (κ2) is 5.45. The first-order valence-electron chi connectivity index (χ1n) is 6.13. The molecule has 0 amide bonds. The summed E-state index contributed by atoms with van der Waals surface area (Å²) in [5.74, 6) is 2.10. The van der Waals surface area contributed by atoms with E-state index in [1.54, 1.807) is 0 Å². The lowest BCUT2D eigenvalue weighted by molar-refractivity contribution is 0.767. The summed E-state index contributed by atoms with van der Waals surface area (Å²) in [5, 5.41) is 0.626. The molecule has 1 fully saturated rings. The third-order valence-electron chi connectivity index (χ3n) is 3.11. The van der Waals surface area contributed by atoms with Gasteiger partial charge in [0.05, 0.1) is 5.56 Å². The molecule has 1 saturated heterocycles. The van der Waals surface area contributed by atoms with Crippen molar-refractivity contribution < 1.29 is 0 Å².